The first-order chi connectivity index (χ1) is 23.4. The fourth-order valence-electron chi connectivity index (χ4n) is 6.45. The number of nitrogens with zero attached hydrogens (tertiary/aromatic N) is 2. The molecule has 0 aliphatic rings. The standard InChI is InChI=1S/C46H50N2OS/c1-28-20-29(2)22-32(21-28)30-16-18-31(19-17-30)37-24-35(45(6,7)8)26-40-41(37)48-43(50-40)36-14-12-13-15-39(36)47-27-33-23-34(44(3,4)5)25-38(42(33)49)46(9,10)11/h12-27,49H,1-11H3. The summed E-state index contributed by atoms with van der Waals surface area (Å²) in [7, 11) is 0. The van der Waals surface area contributed by atoms with Crippen LogP contribution in [-0.2, 0) is 16.2 Å². The number of aryl methyl sites for hydroxylation is 2. The first kappa shape index (κ1) is 35.3. The predicted octanol–water partition coefficient (Wildman–Crippen LogP) is 13.3. The van der Waals surface area contributed by atoms with E-state index in [1.165, 1.54) is 33.4 Å². The third kappa shape index (κ3) is 7.32. The molecule has 0 amide bonds. The molecule has 5 aromatic carbocycles. The van der Waals surface area contributed by atoms with Gasteiger partial charge in [0.15, 0.2) is 0 Å². The monoisotopic (exact) mass is 678 g/mol. The Morgan fingerprint density at radius 2 is 1.22 bits per heavy atom. The van der Waals surface area contributed by atoms with Gasteiger partial charge in [0, 0.05) is 28.5 Å². The van der Waals surface area contributed by atoms with Gasteiger partial charge >= 0.3 is 0 Å². The first-order valence-electron chi connectivity index (χ1n) is 17.5. The Labute approximate surface area is 302 Å². The zero-order chi connectivity index (χ0) is 36.2. The van der Waals surface area contributed by atoms with E-state index >= 15 is 0 Å². The molecule has 4 heteroatoms. The first-order valence-corrected chi connectivity index (χ1v) is 18.4. The lowest BCUT2D eigenvalue weighted by molar-refractivity contribution is 0.444. The Bertz CT molecular complexity index is 2210. The maximum atomic E-state index is 11.4. The zero-order valence-electron chi connectivity index (χ0n) is 31.5. The van der Waals surface area contributed by atoms with Gasteiger partial charge < -0.3 is 5.11 Å². The number of phenols is 1. The van der Waals surface area contributed by atoms with Crippen LogP contribution in [0, 0.1) is 13.8 Å². The van der Waals surface area contributed by atoms with Gasteiger partial charge in [-0.2, -0.15) is 0 Å². The summed E-state index contributed by atoms with van der Waals surface area (Å²) < 4.78 is 1.16. The molecule has 0 radical (unpaired) electrons. The van der Waals surface area contributed by atoms with Crippen molar-refractivity contribution in [2.45, 2.75) is 92.4 Å². The maximum Gasteiger partial charge on any atom is 0.128 e. The van der Waals surface area contributed by atoms with Crippen LogP contribution in [0.15, 0.2) is 96.0 Å². The van der Waals surface area contributed by atoms with Crippen molar-refractivity contribution in [2.75, 3.05) is 0 Å². The third-order valence-corrected chi connectivity index (χ3v) is 10.4. The molecule has 0 saturated heterocycles. The lowest BCUT2D eigenvalue weighted by Crippen LogP contribution is -2.17. The van der Waals surface area contributed by atoms with Crippen LogP contribution in [0.1, 0.15) is 95.7 Å². The molecular weight excluding hydrogens is 629 g/mol. The lowest BCUT2D eigenvalue weighted by Gasteiger charge is -2.27. The highest BCUT2D eigenvalue weighted by Gasteiger charge is 2.25. The number of fused-ring (bicyclic) bond motifs is 1. The van der Waals surface area contributed by atoms with Gasteiger partial charge in [-0.05, 0) is 88.2 Å². The molecule has 0 aliphatic carbocycles. The number of para-hydroxylation sites is 1. The second-order valence-electron chi connectivity index (χ2n) is 16.8. The smallest absolute Gasteiger partial charge is 0.128 e. The summed E-state index contributed by atoms with van der Waals surface area (Å²) in [6.45, 7) is 24.1. The van der Waals surface area contributed by atoms with Gasteiger partial charge in [-0.3, -0.25) is 4.99 Å². The van der Waals surface area contributed by atoms with Crippen molar-refractivity contribution < 1.29 is 5.11 Å². The maximum absolute atomic E-state index is 11.4. The van der Waals surface area contributed by atoms with Gasteiger partial charge in [-0.15, -0.1) is 11.3 Å². The van der Waals surface area contributed by atoms with Crippen molar-refractivity contribution in [3.05, 3.63) is 124 Å². The van der Waals surface area contributed by atoms with Crippen molar-refractivity contribution in [1.82, 2.24) is 4.98 Å². The number of phenolic OH excluding ortho intramolecular Hbond substituents is 1. The molecule has 6 rings (SSSR count). The minimum Gasteiger partial charge on any atom is -0.507 e. The molecule has 256 valence electrons. The minimum atomic E-state index is -0.212. The second kappa shape index (κ2) is 13.0. The van der Waals surface area contributed by atoms with Crippen molar-refractivity contribution in [2.24, 2.45) is 4.99 Å². The number of hydrogen-bond acceptors (Lipinski definition) is 4. The molecule has 1 heterocycles. The van der Waals surface area contributed by atoms with Crippen LogP contribution >= 0.6 is 11.3 Å². The highest BCUT2D eigenvalue weighted by Crippen LogP contribution is 2.43. The Morgan fingerprint density at radius 1 is 0.620 bits per heavy atom. The van der Waals surface area contributed by atoms with Gasteiger partial charge in [0.1, 0.15) is 10.8 Å². The van der Waals surface area contributed by atoms with E-state index in [9.17, 15) is 5.11 Å². The Morgan fingerprint density at radius 3 is 1.84 bits per heavy atom. The van der Waals surface area contributed by atoms with Crippen LogP contribution in [0.25, 0.3) is 43.0 Å². The summed E-state index contributed by atoms with van der Waals surface area (Å²) in [5, 5.41) is 12.3. The van der Waals surface area contributed by atoms with Gasteiger partial charge in [-0.1, -0.05) is 134 Å². The summed E-state index contributed by atoms with van der Waals surface area (Å²) in [6.07, 6.45) is 1.81. The number of aromatic hydroxyl groups is 1. The molecule has 0 bridgehead atoms. The van der Waals surface area contributed by atoms with Gasteiger partial charge in [0.25, 0.3) is 0 Å². The Balaban J connectivity index is 1.45. The highest BCUT2D eigenvalue weighted by molar-refractivity contribution is 7.21. The second-order valence-corrected chi connectivity index (χ2v) is 17.9. The normalized spacial score (nSPS) is 12.7. The van der Waals surface area contributed by atoms with Crippen LogP contribution in [-0.4, -0.2) is 16.3 Å². The van der Waals surface area contributed by atoms with E-state index in [4.69, 9.17) is 9.98 Å². The minimum absolute atomic E-state index is 0.0240. The summed E-state index contributed by atoms with van der Waals surface area (Å²) in [4.78, 5) is 10.3. The van der Waals surface area contributed by atoms with Crippen molar-refractivity contribution >= 4 is 33.5 Å². The number of aromatic nitrogens is 1. The fourth-order valence-corrected chi connectivity index (χ4v) is 7.51. The van der Waals surface area contributed by atoms with Crippen LogP contribution < -0.4 is 0 Å². The third-order valence-electron chi connectivity index (χ3n) is 9.40. The summed E-state index contributed by atoms with van der Waals surface area (Å²) in [5.74, 6) is 0.287. The highest BCUT2D eigenvalue weighted by atomic mass is 32.1. The molecule has 0 atom stereocenters. The van der Waals surface area contributed by atoms with Crippen LogP contribution in [0.2, 0.25) is 0 Å². The number of aliphatic imine (C=N–C) groups is 1. The lowest BCUT2D eigenvalue weighted by atomic mass is 9.79. The number of benzene rings is 5. The van der Waals surface area contributed by atoms with Gasteiger partial charge in [0.05, 0.1) is 15.9 Å². The quantitative estimate of drug-likeness (QED) is 0.184. The molecular formula is C46H50N2OS. The van der Waals surface area contributed by atoms with Crippen molar-refractivity contribution in [1.29, 1.82) is 0 Å². The van der Waals surface area contributed by atoms with E-state index < -0.39 is 0 Å². The summed E-state index contributed by atoms with van der Waals surface area (Å²) in [6, 6.07) is 32.6. The predicted molar refractivity (Wildman–Crippen MR) is 217 cm³/mol. The summed E-state index contributed by atoms with van der Waals surface area (Å²) >= 11 is 1.71. The zero-order valence-corrected chi connectivity index (χ0v) is 32.3. The van der Waals surface area contributed by atoms with E-state index in [0.717, 1.165) is 48.7 Å². The topological polar surface area (TPSA) is 45.5 Å². The Kier molecular flexibility index (Phi) is 9.16. The molecule has 0 saturated carbocycles. The average Bonchev–Trinajstić information content (AvgIpc) is 3.46. The number of thiazole rings is 1. The molecule has 0 spiro atoms. The van der Waals surface area contributed by atoms with Crippen molar-refractivity contribution in [3.8, 4) is 38.6 Å². The van der Waals surface area contributed by atoms with E-state index in [0.29, 0.717) is 0 Å². The van der Waals surface area contributed by atoms with E-state index in [1.807, 2.05) is 24.4 Å². The van der Waals surface area contributed by atoms with Crippen LogP contribution in [0.5, 0.6) is 5.75 Å². The molecule has 6 aromatic rings. The molecule has 1 N–H and O–H groups in total. The van der Waals surface area contributed by atoms with Crippen LogP contribution in [0.4, 0.5) is 5.69 Å². The number of hydrogen-bond donors (Lipinski definition) is 1. The molecule has 1 aromatic heterocycles. The summed E-state index contributed by atoms with van der Waals surface area (Å²) in [5.41, 5.74) is 13.9. The van der Waals surface area contributed by atoms with E-state index in [1.54, 1.807) is 11.3 Å². The molecule has 3 nitrogen and oxygen atoms in total. The largest absolute Gasteiger partial charge is 0.507 e. The fraction of sp³-hybridized carbons (Fsp3) is 0.304. The van der Waals surface area contributed by atoms with Crippen LogP contribution in [0.3, 0.4) is 0 Å². The molecule has 50 heavy (non-hydrogen) atoms. The molecule has 0 unspecified atom stereocenters. The SMILES string of the molecule is Cc1cc(C)cc(-c2ccc(-c3cc(C(C)(C)C)cc4sc(-c5ccccc5N=Cc5cc(C(C)(C)C)cc(C(C)(C)C)c5O)nc34)cc2)c1. The average molecular weight is 679 g/mol. The number of rotatable bonds is 5. The molecule has 0 fully saturated rings. The Hall–Kier alpha value is -4.54. The van der Waals surface area contributed by atoms with Crippen molar-refractivity contribution in [3.63, 3.8) is 0 Å². The van der Waals surface area contributed by atoms with E-state index in [-0.39, 0.29) is 22.0 Å². The van der Waals surface area contributed by atoms with Gasteiger partial charge in [0.2, 0.25) is 0 Å². The van der Waals surface area contributed by atoms with E-state index in [2.05, 4.69) is 149 Å². The molecule has 0 aliphatic heterocycles. The van der Waals surface area contributed by atoms with Gasteiger partial charge in [-0.25, -0.2) is 4.98 Å².